The standard InChI is InChI=1S/C27H28ClN3O2/c1-27(2,32)20-12-14-21(15-13-20)33-26-29-23-16-22(28)24(30-25(23)31-26)19-10-8-18(9-11-19)17-6-4-3-5-7-17/h3-11,16,20-21,32H,12-15H2,1-2H3,(H,29,30,31)/t20-,21-. The van der Waals surface area contributed by atoms with Crippen LogP contribution in [0.5, 0.6) is 6.01 Å². The third-order valence-electron chi connectivity index (χ3n) is 6.62. The van der Waals surface area contributed by atoms with Gasteiger partial charge in [-0.05, 0) is 62.6 Å². The summed E-state index contributed by atoms with van der Waals surface area (Å²) in [5.74, 6) is 0.310. The molecule has 33 heavy (non-hydrogen) atoms. The van der Waals surface area contributed by atoms with Gasteiger partial charge in [0.15, 0.2) is 5.65 Å². The molecule has 0 bridgehead atoms. The molecule has 0 saturated heterocycles. The van der Waals surface area contributed by atoms with Gasteiger partial charge in [0.1, 0.15) is 6.10 Å². The number of aromatic amines is 1. The Bertz CT molecular complexity index is 1240. The number of imidazole rings is 1. The smallest absolute Gasteiger partial charge is 0.296 e. The normalized spacial score (nSPS) is 19.0. The quantitative estimate of drug-likeness (QED) is 0.349. The van der Waals surface area contributed by atoms with Crippen molar-refractivity contribution in [3.05, 3.63) is 65.7 Å². The maximum atomic E-state index is 10.3. The predicted molar refractivity (Wildman–Crippen MR) is 132 cm³/mol. The van der Waals surface area contributed by atoms with Gasteiger partial charge in [-0.1, -0.05) is 66.2 Å². The predicted octanol–water partition coefficient (Wildman–Crippen LogP) is 6.65. The number of nitrogens with one attached hydrogen (secondary N) is 1. The van der Waals surface area contributed by atoms with Crippen LogP contribution in [0, 0.1) is 5.92 Å². The summed E-state index contributed by atoms with van der Waals surface area (Å²) in [5.41, 5.74) is 4.66. The van der Waals surface area contributed by atoms with Crippen LogP contribution >= 0.6 is 11.6 Å². The zero-order valence-electron chi connectivity index (χ0n) is 18.9. The largest absolute Gasteiger partial charge is 0.461 e. The highest BCUT2D eigenvalue weighted by molar-refractivity contribution is 6.33. The van der Waals surface area contributed by atoms with Crippen LogP contribution < -0.4 is 4.74 Å². The lowest BCUT2D eigenvalue weighted by atomic mass is 9.78. The summed E-state index contributed by atoms with van der Waals surface area (Å²) < 4.78 is 6.12. The molecule has 1 fully saturated rings. The summed E-state index contributed by atoms with van der Waals surface area (Å²) >= 11 is 6.58. The van der Waals surface area contributed by atoms with E-state index in [0.717, 1.165) is 42.3 Å². The van der Waals surface area contributed by atoms with Crippen molar-refractivity contribution in [1.29, 1.82) is 0 Å². The van der Waals surface area contributed by atoms with Gasteiger partial charge in [-0.15, -0.1) is 0 Å². The molecule has 5 nitrogen and oxygen atoms in total. The molecule has 1 aliphatic carbocycles. The number of nitrogens with zero attached hydrogens (tertiary/aromatic N) is 2. The molecule has 2 aromatic carbocycles. The summed E-state index contributed by atoms with van der Waals surface area (Å²) in [6.45, 7) is 3.78. The minimum Gasteiger partial charge on any atom is -0.461 e. The van der Waals surface area contributed by atoms with Crippen molar-refractivity contribution in [3.63, 3.8) is 0 Å². The van der Waals surface area contributed by atoms with Gasteiger partial charge in [-0.25, -0.2) is 4.98 Å². The van der Waals surface area contributed by atoms with E-state index < -0.39 is 5.60 Å². The average Bonchev–Trinajstić information content (AvgIpc) is 3.20. The molecule has 4 aromatic rings. The third-order valence-corrected chi connectivity index (χ3v) is 6.91. The Labute approximate surface area is 198 Å². The lowest BCUT2D eigenvalue weighted by Crippen LogP contribution is -2.36. The number of hydrogen-bond donors (Lipinski definition) is 2. The first-order valence-corrected chi connectivity index (χ1v) is 11.9. The van der Waals surface area contributed by atoms with E-state index >= 15 is 0 Å². The molecule has 1 aliphatic rings. The van der Waals surface area contributed by atoms with E-state index in [0.29, 0.717) is 28.3 Å². The molecule has 0 atom stereocenters. The summed E-state index contributed by atoms with van der Waals surface area (Å²) in [4.78, 5) is 12.5. The van der Waals surface area contributed by atoms with E-state index in [4.69, 9.17) is 21.3 Å². The second-order valence-electron chi connectivity index (χ2n) is 9.42. The highest BCUT2D eigenvalue weighted by Crippen LogP contribution is 2.35. The molecule has 5 rings (SSSR count). The highest BCUT2D eigenvalue weighted by atomic mass is 35.5. The Morgan fingerprint density at radius 2 is 1.55 bits per heavy atom. The van der Waals surface area contributed by atoms with Crippen LogP contribution in [0.15, 0.2) is 60.7 Å². The van der Waals surface area contributed by atoms with Crippen LogP contribution in [0.4, 0.5) is 0 Å². The Morgan fingerprint density at radius 1 is 0.909 bits per heavy atom. The van der Waals surface area contributed by atoms with Crippen LogP contribution in [0.2, 0.25) is 5.02 Å². The molecule has 0 aliphatic heterocycles. The van der Waals surface area contributed by atoms with Crippen molar-refractivity contribution in [2.45, 2.75) is 51.2 Å². The summed E-state index contributed by atoms with van der Waals surface area (Å²) in [6, 6.07) is 20.8. The molecule has 0 spiro atoms. The lowest BCUT2D eigenvalue weighted by Gasteiger charge is -2.35. The van der Waals surface area contributed by atoms with Gasteiger partial charge in [0.2, 0.25) is 0 Å². The van der Waals surface area contributed by atoms with Crippen molar-refractivity contribution in [1.82, 2.24) is 15.0 Å². The third kappa shape index (κ3) is 4.75. The van der Waals surface area contributed by atoms with Crippen LogP contribution in [-0.4, -0.2) is 31.8 Å². The minimum absolute atomic E-state index is 0.0876. The summed E-state index contributed by atoms with van der Waals surface area (Å²) in [6.07, 6.45) is 3.78. The number of pyridine rings is 1. The summed E-state index contributed by atoms with van der Waals surface area (Å²) in [7, 11) is 0. The van der Waals surface area contributed by atoms with Crippen molar-refractivity contribution in [2.75, 3.05) is 0 Å². The molecule has 6 heteroatoms. The summed E-state index contributed by atoms with van der Waals surface area (Å²) in [5, 5.41) is 10.8. The van der Waals surface area contributed by atoms with Gasteiger partial charge >= 0.3 is 0 Å². The molecule has 170 valence electrons. The van der Waals surface area contributed by atoms with Crippen molar-refractivity contribution < 1.29 is 9.84 Å². The van der Waals surface area contributed by atoms with Crippen molar-refractivity contribution in [2.24, 2.45) is 5.92 Å². The van der Waals surface area contributed by atoms with E-state index in [1.807, 2.05) is 50.2 Å². The Morgan fingerprint density at radius 3 is 2.21 bits per heavy atom. The molecule has 0 unspecified atom stereocenters. The first kappa shape index (κ1) is 21.9. The molecular weight excluding hydrogens is 434 g/mol. The number of halogens is 1. The SMILES string of the molecule is CC(C)(O)[C@H]1CC[C@H](Oc2nc3nc(-c4ccc(-c5ccccc5)cc4)c(Cl)cc3[nH]2)CC1. The van der Waals surface area contributed by atoms with Gasteiger partial charge in [0, 0.05) is 5.56 Å². The Kier molecular flexibility index (Phi) is 5.85. The van der Waals surface area contributed by atoms with E-state index in [1.54, 1.807) is 0 Å². The number of rotatable bonds is 5. The van der Waals surface area contributed by atoms with Crippen LogP contribution in [0.1, 0.15) is 39.5 Å². The van der Waals surface area contributed by atoms with E-state index in [1.165, 1.54) is 5.56 Å². The average molecular weight is 462 g/mol. The second-order valence-corrected chi connectivity index (χ2v) is 9.83. The fraction of sp³-hybridized carbons (Fsp3) is 0.333. The van der Waals surface area contributed by atoms with E-state index in [2.05, 4.69) is 34.2 Å². The number of aliphatic hydroxyl groups is 1. The number of hydrogen-bond acceptors (Lipinski definition) is 4. The molecular formula is C27H28ClN3O2. The van der Waals surface area contributed by atoms with Gasteiger partial charge < -0.3 is 14.8 Å². The first-order valence-electron chi connectivity index (χ1n) is 11.5. The van der Waals surface area contributed by atoms with Gasteiger partial charge in [-0.3, -0.25) is 0 Å². The molecule has 2 aromatic heterocycles. The van der Waals surface area contributed by atoms with Gasteiger partial charge in [0.25, 0.3) is 6.01 Å². The fourth-order valence-corrected chi connectivity index (χ4v) is 4.91. The minimum atomic E-state index is -0.638. The molecule has 2 N–H and O–H groups in total. The van der Waals surface area contributed by atoms with Gasteiger partial charge in [-0.2, -0.15) is 4.98 Å². The van der Waals surface area contributed by atoms with Gasteiger partial charge in [0.05, 0.1) is 21.8 Å². The molecule has 0 amide bonds. The highest BCUT2D eigenvalue weighted by Gasteiger charge is 2.32. The number of aromatic nitrogens is 3. The molecule has 0 radical (unpaired) electrons. The van der Waals surface area contributed by atoms with Crippen molar-refractivity contribution in [3.8, 4) is 28.4 Å². The second kappa shape index (κ2) is 8.81. The zero-order chi connectivity index (χ0) is 23.0. The number of benzene rings is 2. The topological polar surface area (TPSA) is 71.0 Å². The van der Waals surface area contributed by atoms with Crippen LogP contribution in [0.25, 0.3) is 33.5 Å². The van der Waals surface area contributed by atoms with Crippen LogP contribution in [-0.2, 0) is 0 Å². The van der Waals surface area contributed by atoms with E-state index in [9.17, 15) is 5.11 Å². The number of H-pyrrole nitrogens is 1. The zero-order valence-corrected chi connectivity index (χ0v) is 19.6. The first-order chi connectivity index (χ1) is 15.9. The maximum Gasteiger partial charge on any atom is 0.296 e. The monoisotopic (exact) mass is 461 g/mol. The number of ether oxygens (including phenoxy) is 1. The Hall–Kier alpha value is -2.89. The number of fused-ring (bicyclic) bond motifs is 1. The Balaban J connectivity index is 1.33. The van der Waals surface area contributed by atoms with Crippen molar-refractivity contribution >= 4 is 22.8 Å². The van der Waals surface area contributed by atoms with E-state index in [-0.39, 0.29) is 6.10 Å². The maximum absolute atomic E-state index is 10.3. The fourth-order valence-electron chi connectivity index (χ4n) is 4.65. The van der Waals surface area contributed by atoms with Crippen LogP contribution in [0.3, 0.4) is 0 Å². The molecule has 1 saturated carbocycles. The lowest BCUT2D eigenvalue weighted by molar-refractivity contribution is -0.0160. The molecule has 2 heterocycles.